The molecule has 1 amide bonds. The number of rotatable bonds is 4. The van der Waals surface area contributed by atoms with Crippen molar-refractivity contribution in [2.75, 3.05) is 11.9 Å². The number of carbonyl (C=O) groups is 1. The third-order valence-electron chi connectivity index (χ3n) is 2.93. The molecule has 0 aliphatic heterocycles. The minimum Gasteiger partial charge on any atom is -0.450 e. The Labute approximate surface area is 132 Å². The average Bonchev–Trinajstić information content (AvgIpc) is 2.90. The Morgan fingerprint density at radius 3 is 2.82 bits per heavy atom. The van der Waals surface area contributed by atoms with E-state index < -0.39 is 6.09 Å². The van der Waals surface area contributed by atoms with Crippen molar-refractivity contribution in [1.29, 1.82) is 0 Å². The van der Waals surface area contributed by atoms with Gasteiger partial charge in [-0.05, 0) is 37.3 Å². The number of nitrogens with one attached hydrogen (secondary N) is 2. The van der Waals surface area contributed by atoms with Gasteiger partial charge in [0.1, 0.15) is 0 Å². The van der Waals surface area contributed by atoms with Gasteiger partial charge in [-0.25, -0.2) is 9.78 Å². The summed E-state index contributed by atoms with van der Waals surface area (Å²) < 4.78 is 4.83. The summed E-state index contributed by atoms with van der Waals surface area (Å²) in [5.74, 6) is 0.385. The quantitative estimate of drug-likeness (QED) is 0.754. The van der Waals surface area contributed by atoms with Crippen LogP contribution < -0.4 is 5.32 Å². The lowest BCUT2D eigenvalue weighted by Crippen LogP contribution is -2.14. The summed E-state index contributed by atoms with van der Waals surface area (Å²) in [6, 6.07) is 16.1. The molecule has 2 N–H and O–H groups in total. The van der Waals surface area contributed by atoms with Crippen molar-refractivity contribution in [2.45, 2.75) is 16.7 Å². The Morgan fingerprint density at radius 1 is 1.23 bits per heavy atom. The van der Waals surface area contributed by atoms with Crippen LogP contribution in [0.4, 0.5) is 10.7 Å². The summed E-state index contributed by atoms with van der Waals surface area (Å²) in [6.45, 7) is 2.08. The zero-order valence-corrected chi connectivity index (χ0v) is 12.8. The Morgan fingerprint density at radius 2 is 2.05 bits per heavy atom. The summed E-state index contributed by atoms with van der Waals surface area (Å²) in [7, 11) is 0. The van der Waals surface area contributed by atoms with Gasteiger partial charge in [0.15, 0.2) is 0 Å². The van der Waals surface area contributed by atoms with Gasteiger partial charge >= 0.3 is 6.09 Å². The summed E-state index contributed by atoms with van der Waals surface area (Å²) in [5.41, 5.74) is 1.66. The van der Waals surface area contributed by atoms with E-state index in [1.807, 2.05) is 36.4 Å². The fourth-order valence-electron chi connectivity index (χ4n) is 2.00. The molecule has 0 radical (unpaired) electrons. The maximum atomic E-state index is 11.4. The van der Waals surface area contributed by atoms with Crippen molar-refractivity contribution in [2.24, 2.45) is 0 Å². The van der Waals surface area contributed by atoms with E-state index in [0.717, 1.165) is 15.9 Å². The second-order valence-corrected chi connectivity index (χ2v) is 5.67. The van der Waals surface area contributed by atoms with E-state index in [9.17, 15) is 4.79 Å². The number of aromatic nitrogens is 2. The molecule has 0 fully saturated rings. The van der Waals surface area contributed by atoms with Gasteiger partial charge in [-0.2, -0.15) is 0 Å². The van der Waals surface area contributed by atoms with E-state index in [0.29, 0.717) is 12.6 Å². The summed E-state index contributed by atoms with van der Waals surface area (Å²) in [4.78, 5) is 21.1. The van der Waals surface area contributed by atoms with E-state index in [1.54, 1.807) is 18.7 Å². The van der Waals surface area contributed by atoms with Gasteiger partial charge in [-0.1, -0.05) is 30.0 Å². The van der Waals surface area contributed by atoms with Crippen molar-refractivity contribution >= 4 is 34.8 Å². The van der Waals surface area contributed by atoms with E-state index in [-0.39, 0.29) is 0 Å². The summed E-state index contributed by atoms with van der Waals surface area (Å²) in [6.07, 6.45) is -0.513. The molecule has 0 unspecified atom stereocenters. The van der Waals surface area contributed by atoms with Crippen molar-refractivity contribution in [1.82, 2.24) is 9.97 Å². The van der Waals surface area contributed by atoms with Crippen LogP contribution >= 0.6 is 11.8 Å². The van der Waals surface area contributed by atoms with Crippen LogP contribution in [0.25, 0.3) is 11.0 Å². The third-order valence-corrected chi connectivity index (χ3v) is 3.93. The highest BCUT2D eigenvalue weighted by atomic mass is 32.2. The van der Waals surface area contributed by atoms with Gasteiger partial charge in [-0.15, -0.1) is 0 Å². The lowest BCUT2D eigenvalue weighted by molar-refractivity contribution is 0.167. The molecule has 112 valence electrons. The molecule has 0 saturated heterocycles. The van der Waals surface area contributed by atoms with Crippen molar-refractivity contribution in [3.63, 3.8) is 0 Å². The van der Waals surface area contributed by atoms with Crippen molar-refractivity contribution in [3.8, 4) is 0 Å². The predicted molar refractivity (Wildman–Crippen MR) is 87.3 cm³/mol. The number of anilines is 1. The molecule has 1 heterocycles. The summed E-state index contributed by atoms with van der Waals surface area (Å²) in [5, 5.41) is 2.57. The normalized spacial score (nSPS) is 10.6. The van der Waals surface area contributed by atoms with Crippen LogP contribution in [-0.2, 0) is 4.74 Å². The van der Waals surface area contributed by atoms with Gasteiger partial charge in [0.25, 0.3) is 0 Å². The number of H-pyrrole nitrogens is 1. The number of aromatic amines is 1. The van der Waals surface area contributed by atoms with Crippen LogP contribution in [0.1, 0.15) is 6.92 Å². The van der Waals surface area contributed by atoms with Gasteiger partial charge in [0, 0.05) is 9.79 Å². The molecule has 0 bridgehead atoms. The molecule has 0 spiro atoms. The third kappa shape index (κ3) is 3.40. The Kier molecular flexibility index (Phi) is 4.29. The molecule has 3 rings (SSSR count). The number of imidazole rings is 1. The zero-order chi connectivity index (χ0) is 15.4. The van der Waals surface area contributed by atoms with Crippen molar-refractivity contribution < 1.29 is 9.53 Å². The SMILES string of the molecule is CCOC(=O)Nc1nc2ccc(Sc3ccccc3)cc2[nH]1. The molecular formula is C16H15N3O2S. The molecular weight excluding hydrogens is 298 g/mol. The summed E-state index contributed by atoms with van der Waals surface area (Å²) >= 11 is 1.67. The first-order chi connectivity index (χ1) is 10.7. The molecule has 5 nitrogen and oxygen atoms in total. The number of hydrogen-bond acceptors (Lipinski definition) is 4. The van der Waals surface area contributed by atoms with Crippen LogP contribution in [0.2, 0.25) is 0 Å². The second kappa shape index (κ2) is 6.53. The maximum absolute atomic E-state index is 11.4. The zero-order valence-electron chi connectivity index (χ0n) is 12.0. The number of hydrogen-bond donors (Lipinski definition) is 2. The number of amides is 1. The van der Waals surface area contributed by atoms with Crippen LogP contribution in [0, 0.1) is 0 Å². The van der Waals surface area contributed by atoms with Gasteiger partial charge in [0.05, 0.1) is 17.6 Å². The van der Waals surface area contributed by atoms with E-state index in [4.69, 9.17) is 4.74 Å². The van der Waals surface area contributed by atoms with Crippen LogP contribution in [-0.4, -0.2) is 22.7 Å². The second-order valence-electron chi connectivity index (χ2n) is 4.52. The first kappa shape index (κ1) is 14.5. The molecule has 1 aromatic heterocycles. The standard InChI is InChI=1S/C16H15N3O2S/c1-2-21-16(20)19-15-17-13-9-8-12(10-14(13)18-15)22-11-6-4-3-5-7-11/h3-10H,2H2,1H3,(H2,17,18,19,20). The highest BCUT2D eigenvalue weighted by Crippen LogP contribution is 2.29. The molecule has 6 heteroatoms. The minimum atomic E-state index is -0.513. The van der Waals surface area contributed by atoms with E-state index >= 15 is 0 Å². The Hall–Kier alpha value is -2.47. The van der Waals surface area contributed by atoms with Crippen LogP contribution in [0.3, 0.4) is 0 Å². The monoisotopic (exact) mass is 313 g/mol. The lowest BCUT2D eigenvalue weighted by Gasteiger charge is -2.01. The highest BCUT2D eigenvalue weighted by Gasteiger charge is 2.08. The average molecular weight is 313 g/mol. The fourth-order valence-corrected chi connectivity index (χ4v) is 2.88. The Balaban J connectivity index is 1.79. The lowest BCUT2D eigenvalue weighted by atomic mass is 10.3. The molecule has 3 aromatic rings. The molecule has 0 atom stereocenters. The van der Waals surface area contributed by atoms with E-state index in [1.165, 1.54) is 4.90 Å². The number of fused-ring (bicyclic) bond motifs is 1. The first-order valence-electron chi connectivity index (χ1n) is 6.91. The minimum absolute atomic E-state index is 0.323. The number of benzene rings is 2. The molecule has 2 aromatic carbocycles. The number of nitrogens with zero attached hydrogens (tertiary/aromatic N) is 1. The topological polar surface area (TPSA) is 67.0 Å². The molecule has 0 saturated carbocycles. The maximum Gasteiger partial charge on any atom is 0.413 e. The highest BCUT2D eigenvalue weighted by molar-refractivity contribution is 7.99. The molecule has 0 aliphatic rings. The van der Waals surface area contributed by atoms with Crippen LogP contribution in [0.5, 0.6) is 0 Å². The molecule has 0 aliphatic carbocycles. The van der Waals surface area contributed by atoms with Crippen LogP contribution in [0.15, 0.2) is 58.3 Å². The van der Waals surface area contributed by atoms with Crippen molar-refractivity contribution in [3.05, 3.63) is 48.5 Å². The number of carbonyl (C=O) groups excluding carboxylic acids is 1. The van der Waals surface area contributed by atoms with E-state index in [2.05, 4.69) is 27.4 Å². The van der Waals surface area contributed by atoms with Gasteiger partial charge in [0.2, 0.25) is 5.95 Å². The number of ether oxygens (including phenoxy) is 1. The largest absolute Gasteiger partial charge is 0.450 e. The Bertz CT molecular complexity index is 786. The fraction of sp³-hybridized carbons (Fsp3) is 0.125. The first-order valence-corrected chi connectivity index (χ1v) is 7.72. The predicted octanol–water partition coefficient (Wildman–Crippen LogP) is 4.28. The molecule has 22 heavy (non-hydrogen) atoms. The van der Waals surface area contributed by atoms with Gasteiger partial charge < -0.3 is 9.72 Å². The van der Waals surface area contributed by atoms with Gasteiger partial charge in [-0.3, -0.25) is 5.32 Å². The smallest absolute Gasteiger partial charge is 0.413 e.